The summed E-state index contributed by atoms with van der Waals surface area (Å²) in [5, 5.41) is 3.70. The lowest BCUT2D eigenvalue weighted by Gasteiger charge is -2.01. The van der Waals surface area contributed by atoms with Crippen LogP contribution in [0.1, 0.15) is 5.56 Å². The maximum absolute atomic E-state index is 10.4. The number of rotatable bonds is 4. The molecule has 0 atom stereocenters. The zero-order valence-electron chi connectivity index (χ0n) is 10.1. The van der Waals surface area contributed by atoms with Crippen LogP contribution < -0.4 is 11.2 Å². The highest BCUT2D eigenvalue weighted by atomic mass is 32.2. The molecule has 19 heavy (non-hydrogen) atoms. The second-order valence-electron chi connectivity index (χ2n) is 3.72. The van der Waals surface area contributed by atoms with E-state index in [4.69, 9.17) is 5.73 Å². The molecule has 96 valence electrons. The van der Waals surface area contributed by atoms with Crippen molar-refractivity contribution in [3.63, 3.8) is 0 Å². The van der Waals surface area contributed by atoms with Crippen molar-refractivity contribution in [2.45, 2.75) is 9.79 Å². The number of amides is 2. The summed E-state index contributed by atoms with van der Waals surface area (Å²) in [5.74, 6) is 0. The predicted octanol–water partition coefficient (Wildman–Crippen LogP) is 2.84. The second-order valence-corrected chi connectivity index (χ2v) is 4.87. The van der Waals surface area contributed by atoms with Crippen molar-refractivity contribution in [2.24, 2.45) is 10.8 Å². The fraction of sp³-hybridized carbons (Fsp3) is 0. The molecule has 2 rings (SSSR count). The molecule has 2 amide bonds. The lowest BCUT2D eigenvalue weighted by atomic mass is 10.2. The SMILES string of the molecule is NC(=O)NN=Cc1ccc(Sc2ccccc2)cc1. The van der Waals surface area contributed by atoms with Crippen LogP contribution in [-0.4, -0.2) is 12.2 Å². The van der Waals surface area contributed by atoms with Gasteiger partial charge in [-0.2, -0.15) is 5.10 Å². The molecule has 0 aliphatic rings. The minimum atomic E-state index is -0.674. The van der Waals surface area contributed by atoms with Crippen LogP contribution in [0.15, 0.2) is 69.5 Å². The van der Waals surface area contributed by atoms with Crippen molar-refractivity contribution in [3.8, 4) is 0 Å². The van der Waals surface area contributed by atoms with Gasteiger partial charge >= 0.3 is 6.03 Å². The van der Waals surface area contributed by atoms with Gasteiger partial charge in [-0.25, -0.2) is 10.2 Å². The quantitative estimate of drug-likeness (QED) is 0.663. The summed E-state index contributed by atoms with van der Waals surface area (Å²) in [6.45, 7) is 0. The van der Waals surface area contributed by atoms with Gasteiger partial charge in [-0.05, 0) is 29.8 Å². The molecule has 0 bridgehead atoms. The largest absolute Gasteiger partial charge is 0.350 e. The first-order chi connectivity index (χ1) is 9.24. The topological polar surface area (TPSA) is 67.5 Å². The predicted molar refractivity (Wildman–Crippen MR) is 77.3 cm³/mol. The number of hydrogen-bond acceptors (Lipinski definition) is 3. The number of nitrogens with two attached hydrogens (primary N) is 1. The van der Waals surface area contributed by atoms with E-state index in [-0.39, 0.29) is 0 Å². The normalized spacial score (nSPS) is 10.5. The molecule has 0 unspecified atom stereocenters. The van der Waals surface area contributed by atoms with E-state index in [1.807, 2.05) is 42.5 Å². The van der Waals surface area contributed by atoms with E-state index < -0.39 is 6.03 Å². The number of hydrazone groups is 1. The highest BCUT2D eigenvalue weighted by Gasteiger charge is 1.96. The fourth-order valence-electron chi connectivity index (χ4n) is 1.42. The number of nitrogens with one attached hydrogen (secondary N) is 1. The molecular weight excluding hydrogens is 258 g/mol. The van der Waals surface area contributed by atoms with Crippen molar-refractivity contribution < 1.29 is 4.79 Å². The van der Waals surface area contributed by atoms with Gasteiger partial charge in [0, 0.05) is 9.79 Å². The molecule has 0 fully saturated rings. The number of hydrogen-bond donors (Lipinski definition) is 2. The third-order valence-corrected chi connectivity index (χ3v) is 3.26. The Hall–Kier alpha value is -2.27. The van der Waals surface area contributed by atoms with Crippen LogP contribution in [0, 0.1) is 0 Å². The number of carbonyl (C=O) groups is 1. The monoisotopic (exact) mass is 271 g/mol. The van der Waals surface area contributed by atoms with Crippen LogP contribution in [0.2, 0.25) is 0 Å². The first kappa shape index (κ1) is 13.2. The maximum atomic E-state index is 10.4. The van der Waals surface area contributed by atoms with Crippen LogP contribution in [0.25, 0.3) is 0 Å². The highest BCUT2D eigenvalue weighted by molar-refractivity contribution is 7.99. The third kappa shape index (κ3) is 4.48. The first-order valence-corrected chi connectivity index (χ1v) is 6.47. The van der Waals surface area contributed by atoms with Crippen LogP contribution in [0.5, 0.6) is 0 Å². The van der Waals surface area contributed by atoms with E-state index in [1.54, 1.807) is 18.0 Å². The first-order valence-electron chi connectivity index (χ1n) is 5.65. The van der Waals surface area contributed by atoms with Gasteiger partial charge in [-0.1, -0.05) is 42.1 Å². The molecule has 4 nitrogen and oxygen atoms in total. The van der Waals surface area contributed by atoms with Gasteiger partial charge in [-0.15, -0.1) is 0 Å². The molecule has 0 saturated carbocycles. The molecule has 2 aromatic rings. The van der Waals surface area contributed by atoms with Crippen molar-refractivity contribution in [1.82, 2.24) is 5.43 Å². The molecule has 0 saturated heterocycles. The van der Waals surface area contributed by atoms with Crippen LogP contribution in [-0.2, 0) is 0 Å². The van der Waals surface area contributed by atoms with E-state index in [0.29, 0.717) is 0 Å². The van der Waals surface area contributed by atoms with Crippen molar-refractivity contribution in [3.05, 3.63) is 60.2 Å². The molecule has 0 aromatic heterocycles. The average molecular weight is 271 g/mol. The zero-order valence-corrected chi connectivity index (χ0v) is 10.9. The number of carbonyl (C=O) groups excluding carboxylic acids is 1. The van der Waals surface area contributed by atoms with Gasteiger partial charge in [0.2, 0.25) is 0 Å². The maximum Gasteiger partial charge on any atom is 0.332 e. The van der Waals surface area contributed by atoms with Crippen molar-refractivity contribution >= 4 is 24.0 Å². The van der Waals surface area contributed by atoms with Gasteiger partial charge in [0.25, 0.3) is 0 Å². The Morgan fingerprint density at radius 1 is 1.05 bits per heavy atom. The standard InChI is InChI=1S/C14H13N3OS/c15-14(18)17-16-10-11-6-8-13(9-7-11)19-12-4-2-1-3-5-12/h1-10H,(H3,15,17,18). The number of nitrogens with zero attached hydrogens (tertiary/aromatic N) is 1. The van der Waals surface area contributed by atoms with E-state index in [9.17, 15) is 4.79 Å². The molecule has 0 aliphatic heterocycles. The molecule has 0 radical (unpaired) electrons. The zero-order chi connectivity index (χ0) is 13.5. The molecule has 3 N–H and O–H groups in total. The van der Waals surface area contributed by atoms with E-state index in [2.05, 4.69) is 22.7 Å². The van der Waals surface area contributed by atoms with Crippen LogP contribution in [0.4, 0.5) is 4.79 Å². The molecule has 5 heteroatoms. The van der Waals surface area contributed by atoms with Gasteiger partial charge in [-0.3, -0.25) is 0 Å². The summed E-state index contributed by atoms with van der Waals surface area (Å²) in [6.07, 6.45) is 1.54. The molecular formula is C14H13N3OS. The van der Waals surface area contributed by atoms with Gasteiger partial charge < -0.3 is 5.73 Å². The van der Waals surface area contributed by atoms with Gasteiger partial charge in [0.15, 0.2) is 0 Å². The Labute approximate surface area is 115 Å². The van der Waals surface area contributed by atoms with Gasteiger partial charge in [0.1, 0.15) is 0 Å². The lowest BCUT2D eigenvalue weighted by Crippen LogP contribution is -2.24. The second kappa shape index (κ2) is 6.61. The van der Waals surface area contributed by atoms with Crippen molar-refractivity contribution in [2.75, 3.05) is 0 Å². The Bertz CT molecular complexity index is 567. The Morgan fingerprint density at radius 3 is 2.32 bits per heavy atom. The number of benzene rings is 2. The summed E-state index contributed by atoms with van der Waals surface area (Å²) in [4.78, 5) is 12.8. The average Bonchev–Trinajstić information content (AvgIpc) is 2.42. The summed E-state index contributed by atoms with van der Waals surface area (Å²) in [6, 6.07) is 17.3. The number of urea groups is 1. The van der Waals surface area contributed by atoms with E-state index >= 15 is 0 Å². The lowest BCUT2D eigenvalue weighted by molar-refractivity contribution is 0.249. The smallest absolute Gasteiger partial charge is 0.332 e. The number of primary amides is 1. The molecule has 0 heterocycles. The van der Waals surface area contributed by atoms with E-state index in [1.165, 1.54) is 4.90 Å². The fourth-order valence-corrected chi connectivity index (χ4v) is 2.25. The third-order valence-electron chi connectivity index (χ3n) is 2.25. The summed E-state index contributed by atoms with van der Waals surface area (Å²) >= 11 is 1.69. The minimum absolute atomic E-state index is 0.674. The Balaban J connectivity index is 1.98. The summed E-state index contributed by atoms with van der Waals surface area (Å²) in [7, 11) is 0. The van der Waals surface area contributed by atoms with Gasteiger partial charge in [0.05, 0.1) is 6.21 Å². The summed E-state index contributed by atoms with van der Waals surface area (Å²) < 4.78 is 0. The van der Waals surface area contributed by atoms with Crippen molar-refractivity contribution in [1.29, 1.82) is 0 Å². The molecule has 0 aliphatic carbocycles. The minimum Gasteiger partial charge on any atom is -0.350 e. The van der Waals surface area contributed by atoms with E-state index in [0.717, 1.165) is 10.5 Å². The summed E-state index contributed by atoms with van der Waals surface area (Å²) in [5.41, 5.74) is 7.95. The highest BCUT2D eigenvalue weighted by Crippen LogP contribution is 2.26. The van der Waals surface area contributed by atoms with Crippen LogP contribution >= 0.6 is 11.8 Å². The molecule has 0 spiro atoms. The van der Waals surface area contributed by atoms with Crippen LogP contribution in [0.3, 0.4) is 0 Å². The Kier molecular flexibility index (Phi) is 4.58. The Morgan fingerprint density at radius 2 is 1.68 bits per heavy atom. The molecule has 2 aromatic carbocycles.